The van der Waals surface area contributed by atoms with Gasteiger partial charge in [-0.1, -0.05) is 24.4 Å². The van der Waals surface area contributed by atoms with Crippen molar-refractivity contribution in [3.63, 3.8) is 0 Å². The van der Waals surface area contributed by atoms with Crippen molar-refractivity contribution in [2.24, 2.45) is 0 Å². The number of benzene rings is 2. The van der Waals surface area contributed by atoms with Gasteiger partial charge in [0.15, 0.2) is 0 Å². The number of hydrogen-bond acceptors (Lipinski definition) is 7. The van der Waals surface area contributed by atoms with Crippen LogP contribution in [-0.2, 0) is 10.0 Å². The molecule has 0 aliphatic heterocycles. The molecule has 1 aliphatic carbocycles. The molecule has 4 rings (SSSR count). The van der Waals surface area contributed by atoms with E-state index < -0.39 is 10.0 Å². The van der Waals surface area contributed by atoms with Gasteiger partial charge in [0.05, 0.1) is 24.7 Å². The minimum absolute atomic E-state index is 0.0723. The Morgan fingerprint density at radius 3 is 2.42 bits per heavy atom. The van der Waals surface area contributed by atoms with Crippen LogP contribution in [0.4, 0.5) is 5.69 Å². The third-order valence-electron chi connectivity index (χ3n) is 5.46. The van der Waals surface area contributed by atoms with E-state index in [4.69, 9.17) is 14.0 Å². The lowest BCUT2D eigenvalue weighted by Crippen LogP contribution is -2.13. The van der Waals surface area contributed by atoms with Gasteiger partial charge in [-0.15, -0.1) is 0 Å². The van der Waals surface area contributed by atoms with Crippen molar-refractivity contribution in [3.05, 3.63) is 48.4 Å². The number of rotatable bonds is 7. The Morgan fingerprint density at radius 2 is 1.74 bits per heavy atom. The summed E-state index contributed by atoms with van der Waals surface area (Å²) < 4.78 is 44.5. The van der Waals surface area contributed by atoms with Crippen LogP contribution in [0.25, 0.3) is 11.4 Å². The minimum Gasteiger partial charge on any atom is -0.497 e. The first-order valence-electron chi connectivity index (χ1n) is 10.2. The molecule has 0 radical (unpaired) electrons. The highest BCUT2D eigenvalue weighted by atomic mass is 32.2. The molecule has 3 aromatic rings. The summed E-state index contributed by atoms with van der Waals surface area (Å²) in [7, 11) is -0.765. The standard InChI is InChI=1S/C22H25N3O5S/c1-28-17-10-8-16(9-11-17)25-31(26,27)18-12-13-20(29-2)19(14-18)21-23-22(30-24-21)15-6-4-3-5-7-15/h8-15,25H,3-7H2,1-2H3. The second kappa shape index (κ2) is 8.97. The van der Waals surface area contributed by atoms with E-state index in [0.717, 1.165) is 25.7 Å². The fraction of sp³-hybridized carbons (Fsp3) is 0.364. The Hall–Kier alpha value is -3.07. The molecule has 1 aliphatic rings. The zero-order valence-corrected chi connectivity index (χ0v) is 18.3. The molecule has 0 unspecified atom stereocenters. The molecule has 1 aromatic heterocycles. The van der Waals surface area contributed by atoms with Crippen LogP contribution in [0.15, 0.2) is 51.9 Å². The number of hydrogen-bond donors (Lipinski definition) is 1. The van der Waals surface area contributed by atoms with Gasteiger partial charge in [0, 0.05) is 11.6 Å². The van der Waals surface area contributed by atoms with E-state index in [1.807, 2.05) is 0 Å². The summed E-state index contributed by atoms with van der Waals surface area (Å²) in [5.74, 6) is 2.28. The summed E-state index contributed by atoms with van der Waals surface area (Å²) >= 11 is 0. The summed E-state index contributed by atoms with van der Waals surface area (Å²) in [5.41, 5.74) is 0.892. The lowest BCUT2D eigenvalue weighted by molar-refractivity contribution is 0.314. The van der Waals surface area contributed by atoms with Crippen LogP contribution < -0.4 is 14.2 Å². The lowest BCUT2D eigenvalue weighted by Gasteiger charge is -2.17. The van der Waals surface area contributed by atoms with Gasteiger partial charge >= 0.3 is 0 Å². The van der Waals surface area contributed by atoms with Crippen LogP contribution in [0.5, 0.6) is 11.5 Å². The van der Waals surface area contributed by atoms with Gasteiger partial charge in [-0.3, -0.25) is 4.72 Å². The first-order valence-corrected chi connectivity index (χ1v) is 11.7. The number of anilines is 1. The van der Waals surface area contributed by atoms with Crippen LogP contribution >= 0.6 is 0 Å². The minimum atomic E-state index is -3.83. The highest BCUT2D eigenvalue weighted by molar-refractivity contribution is 7.92. The van der Waals surface area contributed by atoms with Crippen LogP contribution in [0.3, 0.4) is 0 Å². The number of nitrogens with one attached hydrogen (secondary N) is 1. The lowest BCUT2D eigenvalue weighted by atomic mass is 9.89. The summed E-state index contributed by atoms with van der Waals surface area (Å²) in [6, 6.07) is 11.2. The Morgan fingerprint density at radius 1 is 1.00 bits per heavy atom. The van der Waals surface area contributed by atoms with E-state index in [1.165, 1.54) is 25.7 Å². The summed E-state index contributed by atoms with van der Waals surface area (Å²) in [6.45, 7) is 0. The normalized spacial score (nSPS) is 14.9. The van der Waals surface area contributed by atoms with Gasteiger partial charge in [-0.2, -0.15) is 4.98 Å². The number of nitrogens with zero attached hydrogens (tertiary/aromatic N) is 2. The van der Waals surface area contributed by atoms with Crippen molar-refractivity contribution < 1.29 is 22.4 Å². The molecule has 0 amide bonds. The molecular formula is C22H25N3O5S. The molecule has 9 heteroatoms. The molecule has 0 spiro atoms. The smallest absolute Gasteiger partial charge is 0.261 e. The molecule has 164 valence electrons. The SMILES string of the molecule is COc1ccc(NS(=O)(=O)c2ccc(OC)c(-c3noc(C4CCCCC4)n3)c2)cc1. The number of ether oxygens (including phenoxy) is 2. The Kier molecular flexibility index (Phi) is 6.13. The number of methoxy groups -OCH3 is 2. The summed E-state index contributed by atoms with van der Waals surface area (Å²) in [6.07, 6.45) is 5.58. The molecule has 0 saturated heterocycles. The van der Waals surface area contributed by atoms with Crippen molar-refractivity contribution in [2.45, 2.75) is 42.9 Å². The average molecular weight is 444 g/mol. The second-order valence-electron chi connectivity index (χ2n) is 7.49. The van der Waals surface area contributed by atoms with E-state index >= 15 is 0 Å². The molecule has 1 heterocycles. The first kappa shape index (κ1) is 21.2. The quantitative estimate of drug-likeness (QED) is 0.569. The van der Waals surface area contributed by atoms with E-state index in [9.17, 15) is 8.42 Å². The Labute approximate surface area is 181 Å². The molecule has 0 bridgehead atoms. The van der Waals surface area contributed by atoms with Crippen molar-refractivity contribution >= 4 is 15.7 Å². The third-order valence-corrected chi connectivity index (χ3v) is 6.84. The van der Waals surface area contributed by atoms with E-state index in [0.29, 0.717) is 34.5 Å². The van der Waals surface area contributed by atoms with Gasteiger partial charge < -0.3 is 14.0 Å². The van der Waals surface area contributed by atoms with E-state index in [1.54, 1.807) is 37.4 Å². The zero-order valence-electron chi connectivity index (χ0n) is 17.5. The second-order valence-corrected chi connectivity index (χ2v) is 9.17. The van der Waals surface area contributed by atoms with Crippen LogP contribution in [0.1, 0.15) is 43.9 Å². The third kappa shape index (κ3) is 4.66. The van der Waals surface area contributed by atoms with E-state index in [-0.39, 0.29) is 10.8 Å². The highest BCUT2D eigenvalue weighted by Gasteiger charge is 2.24. The van der Waals surface area contributed by atoms with Gasteiger partial charge in [0.2, 0.25) is 11.7 Å². The summed E-state index contributed by atoms with van der Waals surface area (Å²) in [5, 5.41) is 4.10. The maximum atomic E-state index is 12.9. The Balaban J connectivity index is 1.63. The molecule has 0 atom stereocenters. The van der Waals surface area contributed by atoms with Crippen molar-refractivity contribution in [3.8, 4) is 22.9 Å². The van der Waals surface area contributed by atoms with Gasteiger partial charge in [-0.05, 0) is 55.3 Å². The molecule has 1 saturated carbocycles. The molecule has 31 heavy (non-hydrogen) atoms. The predicted molar refractivity (Wildman–Crippen MR) is 116 cm³/mol. The van der Waals surface area contributed by atoms with E-state index in [2.05, 4.69) is 14.9 Å². The number of sulfonamides is 1. The van der Waals surface area contributed by atoms with Crippen LogP contribution in [0.2, 0.25) is 0 Å². The van der Waals surface area contributed by atoms with Crippen molar-refractivity contribution in [1.29, 1.82) is 0 Å². The van der Waals surface area contributed by atoms with Gasteiger partial charge in [0.1, 0.15) is 11.5 Å². The highest BCUT2D eigenvalue weighted by Crippen LogP contribution is 2.35. The van der Waals surface area contributed by atoms with Crippen LogP contribution in [-0.4, -0.2) is 32.8 Å². The largest absolute Gasteiger partial charge is 0.497 e. The average Bonchev–Trinajstić information content (AvgIpc) is 3.30. The fourth-order valence-electron chi connectivity index (χ4n) is 3.76. The first-order chi connectivity index (χ1) is 15.0. The fourth-order valence-corrected chi connectivity index (χ4v) is 4.85. The molecule has 1 fully saturated rings. The monoisotopic (exact) mass is 443 g/mol. The molecule has 2 aromatic carbocycles. The maximum Gasteiger partial charge on any atom is 0.261 e. The van der Waals surface area contributed by atoms with Crippen LogP contribution in [0, 0.1) is 0 Å². The maximum absolute atomic E-state index is 12.9. The number of aromatic nitrogens is 2. The van der Waals surface area contributed by atoms with Gasteiger partial charge in [0.25, 0.3) is 10.0 Å². The van der Waals surface area contributed by atoms with Gasteiger partial charge in [-0.25, -0.2) is 8.42 Å². The van der Waals surface area contributed by atoms with Crippen molar-refractivity contribution in [2.75, 3.05) is 18.9 Å². The molecule has 8 nitrogen and oxygen atoms in total. The topological polar surface area (TPSA) is 104 Å². The predicted octanol–water partition coefficient (Wildman–Crippen LogP) is 4.60. The van der Waals surface area contributed by atoms with Crippen molar-refractivity contribution in [1.82, 2.24) is 10.1 Å². The molecule has 1 N–H and O–H groups in total. The zero-order chi connectivity index (χ0) is 21.8. The Bertz CT molecular complexity index is 1140. The molecular weight excluding hydrogens is 418 g/mol. The summed E-state index contributed by atoms with van der Waals surface area (Å²) in [4.78, 5) is 4.62.